The summed E-state index contributed by atoms with van der Waals surface area (Å²) in [5.74, 6) is -0.233. The van der Waals surface area contributed by atoms with Gasteiger partial charge in [0.05, 0.1) is 5.75 Å². The highest BCUT2D eigenvalue weighted by Gasteiger charge is 2.46. The van der Waals surface area contributed by atoms with E-state index in [2.05, 4.69) is 0 Å². The minimum absolute atomic E-state index is 0.233. The molecule has 0 fully saturated rings. The Kier molecular flexibility index (Phi) is 4.47. The summed E-state index contributed by atoms with van der Waals surface area (Å²) >= 11 is 11.6. The highest BCUT2D eigenvalue weighted by atomic mass is 35.5. The van der Waals surface area contributed by atoms with Crippen LogP contribution in [0.3, 0.4) is 0 Å². The second-order valence-electron chi connectivity index (χ2n) is 3.78. The Morgan fingerprint density at radius 3 is 2.18 bits per heavy atom. The van der Waals surface area contributed by atoms with Gasteiger partial charge in [0.2, 0.25) is 3.67 Å². The van der Waals surface area contributed by atoms with Crippen LogP contribution in [0.25, 0.3) is 0 Å². The van der Waals surface area contributed by atoms with Gasteiger partial charge in [-0.15, -0.1) is 0 Å². The van der Waals surface area contributed by atoms with Crippen LogP contribution < -0.4 is 0 Å². The van der Waals surface area contributed by atoms with E-state index in [1.807, 2.05) is 6.92 Å². The number of aryl methyl sites for hydroxylation is 1. The van der Waals surface area contributed by atoms with Gasteiger partial charge in [-0.3, -0.25) is 0 Å². The van der Waals surface area contributed by atoms with Crippen LogP contribution in [-0.4, -0.2) is 22.9 Å². The van der Waals surface area contributed by atoms with Crippen LogP contribution in [0.2, 0.25) is 0 Å². The number of hydrogen-bond acceptors (Lipinski definition) is 3. The van der Waals surface area contributed by atoms with Crippen molar-refractivity contribution in [1.29, 1.82) is 0 Å². The maximum absolute atomic E-state index is 11.7. The quantitative estimate of drug-likeness (QED) is 0.869. The largest absolute Gasteiger partial charge is 0.384 e. The zero-order valence-electron chi connectivity index (χ0n) is 9.52. The SMILES string of the molecule is CCS(=O)(=O)C(Cl)(Cl)C(O)c1ccc(C)cc1. The second-order valence-corrected chi connectivity index (χ2v) is 8.06. The number of hydrogen-bond donors (Lipinski definition) is 1. The fourth-order valence-electron chi connectivity index (χ4n) is 1.31. The van der Waals surface area contributed by atoms with E-state index in [4.69, 9.17) is 23.2 Å². The average Bonchev–Trinajstić information content (AvgIpc) is 2.28. The molecule has 0 radical (unpaired) electrons. The Bertz CT molecular complexity index is 480. The Labute approximate surface area is 111 Å². The average molecular weight is 297 g/mol. The standard InChI is InChI=1S/C11H14Cl2O3S/c1-3-17(15,16)11(12,13)10(14)9-6-4-8(2)5-7-9/h4-7,10,14H,3H2,1-2H3. The van der Waals surface area contributed by atoms with Gasteiger partial charge >= 0.3 is 0 Å². The highest BCUT2D eigenvalue weighted by molar-refractivity contribution is 7.95. The van der Waals surface area contributed by atoms with E-state index >= 15 is 0 Å². The second kappa shape index (κ2) is 5.14. The normalized spacial score (nSPS) is 14.6. The van der Waals surface area contributed by atoms with Crippen LogP contribution in [0.5, 0.6) is 0 Å². The van der Waals surface area contributed by atoms with Crippen LogP contribution in [0.1, 0.15) is 24.2 Å². The van der Waals surface area contributed by atoms with Crippen LogP contribution >= 0.6 is 23.2 Å². The third-order valence-corrected chi connectivity index (χ3v) is 6.14. The maximum Gasteiger partial charge on any atom is 0.247 e. The van der Waals surface area contributed by atoms with Gasteiger partial charge in [-0.1, -0.05) is 60.0 Å². The number of halogens is 2. The molecule has 1 N–H and O–H groups in total. The number of aliphatic hydroxyl groups is 1. The number of alkyl halides is 2. The van der Waals surface area contributed by atoms with Crippen LogP contribution in [0, 0.1) is 6.92 Å². The zero-order chi connectivity index (χ0) is 13.3. The fraction of sp³-hybridized carbons (Fsp3) is 0.455. The number of sulfone groups is 1. The van der Waals surface area contributed by atoms with Gasteiger partial charge < -0.3 is 5.11 Å². The molecule has 0 aromatic heterocycles. The summed E-state index contributed by atoms with van der Waals surface area (Å²) < 4.78 is 21.1. The van der Waals surface area contributed by atoms with Crippen LogP contribution in [-0.2, 0) is 9.84 Å². The first-order valence-electron chi connectivity index (χ1n) is 5.07. The molecule has 1 atom stereocenters. The molecule has 1 aromatic carbocycles. The van der Waals surface area contributed by atoms with Crippen LogP contribution in [0.4, 0.5) is 0 Å². The monoisotopic (exact) mass is 296 g/mol. The molecule has 96 valence electrons. The molecule has 0 spiro atoms. The van der Waals surface area contributed by atoms with Gasteiger partial charge in [-0.2, -0.15) is 0 Å². The summed E-state index contributed by atoms with van der Waals surface area (Å²) in [5.41, 5.74) is 1.37. The fourth-order valence-corrected chi connectivity index (χ4v) is 3.07. The van der Waals surface area contributed by atoms with Crippen molar-refractivity contribution in [3.63, 3.8) is 0 Å². The molecule has 0 amide bonds. The van der Waals surface area contributed by atoms with E-state index in [9.17, 15) is 13.5 Å². The lowest BCUT2D eigenvalue weighted by Gasteiger charge is -2.25. The third kappa shape index (κ3) is 2.94. The summed E-state index contributed by atoms with van der Waals surface area (Å²) in [6.45, 7) is 3.31. The van der Waals surface area contributed by atoms with Gasteiger partial charge in [0.15, 0.2) is 9.84 Å². The van der Waals surface area contributed by atoms with Crippen molar-refractivity contribution in [2.24, 2.45) is 0 Å². The Hall–Kier alpha value is -0.290. The Morgan fingerprint density at radius 1 is 1.29 bits per heavy atom. The zero-order valence-corrected chi connectivity index (χ0v) is 11.9. The molecule has 1 unspecified atom stereocenters. The van der Waals surface area contributed by atoms with E-state index in [0.717, 1.165) is 5.56 Å². The molecular weight excluding hydrogens is 283 g/mol. The Morgan fingerprint density at radius 2 is 1.76 bits per heavy atom. The first-order valence-corrected chi connectivity index (χ1v) is 7.48. The summed E-state index contributed by atoms with van der Waals surface area (Å²) in [6, 6.07) is 6.71. The molecular formula is C11H14Cl2O3S. The predicted molar refractivity (Wildman–Crippen MR) is 70.0 cm³/mol. The first-order chi connectivity index (χ1) is 7.72. The van der Waals surface area contributed by atoms with Gasteiger partial charge in [0.1, 0.15) is 6.10 Å². The number of benzene rings is 1. The molecule has 0 aliphatic carbocycles. The summed E-state index contributed by atoms with van der Waals surface area (Å²) in [4.78, 5) is 0. The van der Waals surface area contributed by atoms with E-state index in [-0.39, 0.29) is 5.75 Å². The van der Waals surface area contributed by atoms with Gasteiger partial charge in [0, 0.05) is 0 Å². The van der Waals surface area contributed by atoms with Crippen molar-refractivity contribution in [2.75, 3.05) is 5.75 Å². The molecule has 1 rings (SSSR count). The number of rotatable bonds is 4. The predicted octanol–water partition coefficient (Wildman–Crippen LogP) is 2.59. The molecule has 6 heteroatoms. The summed E-state index contributed by atoms with van der Waals surface area (Å²) in [5, 5.41) is 9.96. The molecule has 1 aromatic rings. The van der Waals surface area contributed by atoms with Gasteiger partial charge in [-0.25, -0.2) is 8.42 Å². The van der Waals surface area contributed by atoms with Crippen molar-refractivity contribution in [3.8, 4) is 0 Å². The van der Waals surface area contributed by atoms with E-state index < -0.39 is 19.6 Å². The molecule has 0 aliphatic heterocycles. The summed E-state index contributed by atoms with van der Waals surface area (Å²) in [6.07, 6.45) is -1.48. The van der Waals surface area contributed by atoms with Crippen molar-refractivity contribution < 1.29 is 13.5 Å². The topological polar surface area (TPSA) is 54.4 Å². The Balaban J connectivity index is 3.12. The molecule has 0 heterocycles. The maximum atomic E-state index is 11.7. The van der Waals surface area contributed by atoms with Gasteiger partial charge in [0.25, 0.3) is 0 Å². The summed E-state index contributed by atoms with van der Waals surface area (Å²) in [7, 11) is -3.77. The van der Waals surface area contributed by atoms with Crippen molar-refractivity contribution >= 4 is 33.0 Å². The smallest absolute Gasteiger partial charge is 0.247 e. The minimum Gasteiger partial charge on any atom is -0.384 e. The minimum atomic E-state index is -3.77. The third-order valence-electron chi connectivity index (χ3n) is 2.51. The van der Waals surface area contributed by atoms with E-state index in [1.165, 1.54) is 6.92 Å². The van der Waals surface area contributed by atoms with Crippen molar-refractivity contribution in [3.05, 3.63) is 35.4 Å². The van der Waals surface area contributed by atoms with E-state index in [0.29, 0.717) is 5.56 Å². The first kappa shape index (κ1) is 14.8. The molecule has 0 saturated heterocycles. The van der Waals surface area contributed by atoms with Crippen LogP contribution in [0.15, 0.2) is 24.3 Å². The molecule has 0 aliphatic rings. The molecule has 0 saturated carbocycles. The van der Waals surface area contributed by atoms with Gasteiger partial charge in [-0.05, 0) is 12.5 Å². The lowest BCUT2D eigenvalue weighted by atomic mass is 10.1. The molecule has 3 nitrogen and oxygen atoms in total. The van der Waals surface area contributed by atoms with E-state index in [1.54, 1.807) is 24.3 Å². The lowest BCUT2D eigenvalue weighted by Crippen LogP contribution is -2.34. The lowest BCUT2D eigenvalue weighted by molar-refractivity contribution is 0.181. The molecule has 17 heavy (non-hydrogen) atoms. The highest BCUT2D eigenvalue weighted by Crippen LogP contribution is 2.41. The van der Waals surface area contributed by atoms with Crippen molar-refractivity contribution in [1.82, 2.24) is 0 Å². The van der Waals surface area contributed by atoms with Crippen molar-refractivity contribution in [2.45, 2.75) is 23.6 Å². The molecule has 0 bridgehead atoms. The number of aliphatic hydroxyl groups excluding tert-OH is 1.